The van der Waals surface area contributed by atoms with Gasteiger partial charge in [-0.25, -0.2) is 4.79 Å². The average Bonchev–Trinajstić information content (AvgIpc) is 3.08. The van der Waals surface area contributed by atoms with Crippen molar-refractivity contribution in [3.8, 4) is 0 Å². The summed E-state index contributed by atoms with van der Waals surface area (Å²) in [5.74, 6) is 1.38. The molecule has 1 atom stereocenters. The fourth-order valence-corrected chi connectivity index (χ4v) is 6.59. The van der Waals surface area contributed by atoms with E-state index in [1.807, 2.05) is 6.92 Å². The number of unbranched alkanes of at least 4 members (excludes halogenated alkanes) is 5. The van der Waals surface area contributed by atoms with E-state index in [4.69, 9.17) is 28.4 Å². The van der Waals surface area contributed by atoms with Crippen molar-refractivity contribution in [1.82, 2.24) is 5.32 Å². The van der Waals surface area contributed by atoms with Crippen molar-refractivity contribution < 1.29 is 47.6 Å². The maximum absolute atomic E-state index is 12.3. The molecule has 0 saturated heterocycles. The molecular weight excluding hydrogens is 618 g/mol. The first-order valence-electron chi connectivity index (χ1n) is 18.7. The molecule has 1 unspecified atom stereocenters. The number of rotatable bonds is 25. The molecule has 278 valence electrons. The quantitative estimate of drug-likeness (QED) is 0.0605. The summed E-state index contributed by atoms with van der Waals surface area (Å²) in [5.41, 5.74) is 0. The van der Waals surface area contributed by atoms with Crippen molar-refractivity contribution in [1.29, 1.82) is 0 Å². The minimum atomic E-state index is -0.348. The molecule has 0 spiro atoms. The molecule has 0 aromatic heterocycles. The molecule has 2 rings (SSSR count). The first-order chi connectivity index (χ1) is 23.3. The van der Waals surface area contributed by atoms with Gasteiger partial charge in [0.2, 0.25) is 0 Å². The van der Waals surface area contributed by atoms with Crippen LogP contribution >= 0.6 is 0 Å². The molecule has 0 aromatic rings. The smallest absolute Gasteiger partial charge is 0.407 e. The van der Waals surface area contributed by atoms with Gasteiger partial charge in [0.15, 0.2) is 0 Å². The Balaban J connectivity index is 1.38. The summed E-state index contributed by atoms with van der Waals surface area (Å²) in [6.45, 7) is 3.95. The van der Waals surface area contributed by atoms with E-state index in [2.05, 4.69) is 5.32 Å². The van der Waals surface area contributed by atoms with Crippen LogP contribution in [0.15, 0.2) is 0 Å². The van der Waals surface area contributed by atoms with E-state index in [0.717, 1.165) is 70.1 Å². The molecule has 0 heterocycles. The van der Waals surface area contributed by atoms with Crippen molar-refractivity contribution in [3.05, 3.63) is 0 Å². The second-order valence-corrected chi connectivity index (χ2v) is 13.8. The topological polar surface area (TPSA) is 136 Å². The van der Waals surface area contributed by atoms with Gasteiger partial charge >= 0.3 is 24.0 Å². The van der Waals surface area contributed by atoms with Crippen LogP contribution in [-0.2, 0) is 42.8 Å². The third-order valence-electron chi connectivity index (χ3n) is 9.69. The first kappa shape index (κ1) is 41.8. The molecule has 11 nitrogen and oxygen atoms in total. The SMILES string of the molecule is COCCCCCC(=O)OCCCCOC(=O)CCCCCOC(=O)NC1CCC(CC2CCC(CC(=O)OCC(C)OC)CC2)CC1. The number of carbonyl (C=O) groups is 4. The van der Waals surface area contributed by atoms with Crippen LogP contribution in [0.25, 0.3) is 0 Å². The van der Waals surface area contributed by atoms with E-state index < -0.39 is 0 Å². The monoisotopic (exact) mass is 683 g/mol. The van der Waals surface area contributed by atoms with Crippen LogP contribution in [0.1, 0.15) is 135 Å². The molecule has 2 fully saturated rings. The number of methoxy groups -OCH3 is 2. The summed E-state index contributed by atoms with van der Waals surface area (Å²) >= 11 is 0. The van der Waals surface area contributed by atoms with Crippen LogP contribution in [0.5, 0.6) is 0 Å². The van der Waals surface area contributed by atoms with Gasteiger partial charge in [0, 0.05) is 46.1 Å². The maximum atomic E-state index is 12.3. The molecule has 11 heteroatoms. The Labute approximate surface area is 289 Å². The molecule has 0 bridgehead atoms. The fraction of sp³-hybridized carbons (Fsp3) is 0.892. The van der Waals surface area contributed by atoms with E-state index in [-0.39, 0.29) is 36.1 Å². The summed E-state index contributed by atoms with van der Waals surface area (Å²) in [5, 5.41) is 3.04. The Kier molecular flexibility index (Phi) is 23.0. The Morgan fingerprint density at radius 1 is 0.583 bits per heavy atom. The lowest BCUT2D eigenvalue weighted by atomic mass is 9.74. The first-order valence-corrected chi connectivity index (χ1v) is 18.7. The van der Waals surface area contributed by atoms with Gasteiger partial charge in [0.1, 0.15) is 6.61 Å². The van der Waals surface area contributed by atoms with Crippen LogP contribution in [0.4, 0.5) is 4.79 Å². The van der Waals surface area contributed by atoms with E-state index >= 15 is 0 Å². The fourth-order valence-electron chi connectivity index (χ4n) is 6.59. The highest BCUT2D eigenvalue weighted by Gasteiger charge is 2.28. The number of amides is 1. The summed E-state index contributed by atoms with van der Waals surface area (Å²) in [4.78, 5) is 48.0. The zero-order chi connectivity index (χ0) is 34.8. The number of hydrogen-bond acceptors (Lipinski definition) is 10. The van der Waals surface area contributed by atoms with E-state index in [1.165, 1.54) is 19.3 Å². The minimum Gasteiger partial charge on any atom is -0.466 e. The molecule has 1 N–H and O–H groups in total. The minimum absolute atomic E-state index is 0.0663. The molecular formula is C37H65NO10. The van der Waals surface area contributed by atoms with Crippen molar-refractivity contribution in [2.24, 2.45) is 17.8 Å². The van der Waals surface area contributed by atoms with Gasteiger partial charge in [-0.15, -0.1) is 0 Å². The molecule has 0 aromatic carbocycles. The van der Waals surface area contributed by atoms with Crippen LogP contribution in [0.3, 0.4) is 0 Å². The van der Waals surface area contributed by atoms with Gasteiger partial charge in [0.25, 0.3) is 0 Å². The highest BCUT2D eigenvalue weighted by molar-refractivity contribution is 5.70. The van der Waals surface area contributed by atoms with Crippen molar-refractivity contribution in [2.75, 3.05) is 47.3 Å². The van der Waals surface area contributed by atoms with Crippen molar-refractivity contribution in [3.63, 3.8) is 0 Å². The number of carbonyl (C=O) groups excluding carboxylic acids is 4. The predicted octanol–water partition coefficient (Wildman–Crippen LogP) is 7.07. The number of ether oxygens (including phenoxy) is 6. The van der Waals surface area contributed by atoms with Gasteiger partial charge in [0.05, 0.1) is 25.9 Å². The average molecular weight is 684 g/mol. The zero-order valence-corrected chi connectivity index (χ0v) is 30.1. The lowest BCUT2D eigenvalue weighted by Crippen LogP contribution is -2.38. The Hall–Kier alpha value is -2.40. The molecule has 2 aliphatic rings. The molecule has 1 amide bonds. The van der Waals surface area contributed by atoms with Gasteiger partial charge < -0.3 is 33.7 Å². The molecule has 48 heavy (non-hydrogen) atoms. The summed E-state index contributed by atoms with van der Waals surface area (Å²) in [6.07, 6.45) is 17.2. The Bertz CT molecular complexity index is 883. The van der Waals surface area contributed by atoms with Crippen LogP contribution in [0, 0.1) is 17.8 Å². The van der Waals surface area contributed by atoms with Crippen molar-refractivity contribution in [2.45, 2.75) is 147 Å². The predicted molar refractivity (Wildman–Crippen MR) is 182 cm³/mol. The molecule has 0 aliphatic heterocycles. The third-order valence-corrected chi connectivity index (χ3v) is 9.69. The lowest BCUT2D eigenvalue weighted by Gasteiger charge is -2.34. The van der Waals surface area contributed by atoms with E-state index in [9.17, 15) is 19.2 Å². The van der Waals surface area contributed by atoms with Crippen LogP contribution in [0.2, 0.25) is 0 Å². The van der Waals surface area contributed by atoms with E-state index in [0.29, 0.717) is 89.8 Å². The van der Waals surface area contributed by atoms with Gasteiger partial charge in [-0.3, -0.25) is 14.4 Å². The highest BCUT2D eigenvalue weighted by Crippen LogP contribution is 2.38. The highest BCUT2D eigenvalue weighted by atomic mass is 16.6. The second-order valence-electron chi connectivity index (χ2n) is 13.8. The normalized spacial score (nSPS) is 21.6. The van der Waals surface area contributed by atoms with Crippen LogP contribution in [-0.4, -0.2) is 83.4 Å². The van der Waals surface area contributed by atoms with E-state index in [1.54, 1.807) is 14.2 Å². The second kappa shape index (κ2) is 26.5. The number of nitrogens with one attached hydrogen (secondary N) is 1. The molecule has 2 saturated carbocycles. The van der Waals surface area contributed by atoms with Crippen LogP contribution < -0.4 is 5.32 Å². The Morgan fingerprint density at radius 3 is 1.65 bits per heavy atom. The third kappa shape index (κ3) is 20.9. The van der Waals surface area contributed by atoms with Gasteiger partial charge in [-0.2, -0.15) is 0 Å². The largest absolute Gasteiger partial charge is 0.466 e. The summed E-state index contributed by atoms with van der Waals surface area (Å²) < 4.78 is 31.3. The zero-order valence-electron chi connectivity index (χ0n) is 30.1. The Morgan fingerprint density at radius 2 is 1.08 bits per heavy atom. The number of alkyl carbamates (subject to hydrolysis) is 1. The summed E-state index contributed by atoms with van der Waals surface area (Å²) in [7, 11) is 3.29. The van der Waals surface area contributed by atoms with Crippen molar-refractivity contribution >= 4 is 24.0 Å². The molecule has 0 radical (unpaired) electrons. The van der Waals surface area contributed by atoms with Gasteiger partial charge in [-0.1, -0.05) is 19.3 Å². The van der Waals surface area contributed by atoms with Gasteiger partial charge in [-0.05, 0) is 115 Å². The number of hydrogen-bond donors (Lipinski definition) is 1. The number of esters is 3. The maximum Gasteiger partial charge on any atom is 0.407 e. The lowest BCUT2D eigenvalue weighted by molar-refractivity contribution is -0.148. The molecule has 2 aliphatic carbocycles. The standard InChI is InChI=1S/C37H65NO10/c1-29(44-3)28-48-36(41)27-32-16-14-30(15-17-32)26-31-18-20-33(21-19-31)38-37(42)47-25-9-5-7-13-35(40)46-24-11-10-23-45-34(39)12-6-4-8-22-43-2/h29-33H,4-28H2,1-3H3,(H,38,42). The summed E-state index contributed by atoms with van der Waals surface area (Å²) in [6, 6.07) is 0.175.